The van der Waals surface area contributed by atoms with E-state index in [9.17, 15) is 8.96 Å². The largest absolute Gasteiger partial charge is 0.471 e. The average molecular weight is 552 g/mol. The number of rotatable bonds is 10. The van der Waals surface area contributed by atoms with Crippen molar-refractivity contribution in [1.29, 1.82) is 5.26 Å². The third-order valence-electron chi connectivity index (χ3n) is 7.57. The molecule has 2 bridgehead atoms. The number of halogens is 4. The van der Waals surface area contributed by atoms with E-state index in [1.54, 1.807) is 24.3 Å². The molecule has 3 aromatic rings. The van der Waals surface area contributed by atoms with Gasteiger partial charge in [-0.15, -0.1) is 0 Å². The predicted octanol–water partition coefficient (Wildman–Crippen LogP) is 4.16. The molecule has 0 radical (unpaired) electrons. The molecular weight excluding hydrogens is 531 g/mol. The molecule has 3 aliphatic carbocycles. The minimum Gasteiger partial charge on any atom is -0.335 e. The number of nitriles is 1. The summed E-state index contributed by atoms with van der Waals surface area (Å²) < 4.78 is 84.7. The van der Waals surface area contributed by atoms with E-state index in [4.69, 9.17) is 19.8 Å². The van der Waals surface area contributed by atoms with E-state index < -0.39 is 60.7 Å². The molecule has 3 aliphatic rings. The Hall–Kier alpha value is -3.14. The molecule has 3 saturated carbocycles. The summed E-state index contributed by atoms with van der Waals surface area (Å²) >= 11 is 0. The van der Waals surface area contributed by atoms with Gasteiger partial charge < -0.3 is 14.5 Å². The molecule has 1 atom stereocenters. The molecule has 200 valence electrons. The van der Waals surface area contributed by atoms with Crippen molar-refractivity contribution >= 4 is 7.82 Å². The summed E-state index contributed by atoms with van der Waals surface area (Å²) in [6.07, 6.45) is 2.17. The second-order valence-corrected chi connectivity index (χ2v) is 11.0. The van der Waals surface area contributed by atoms with E-state index in [1.807, 2.05) is 6.07 Å². The van der Waals surface area contributed by atoms with Gasteiger partial charge in [0, 0.05) is 17.0 Å². The van der Waals surface area contributed by atoms with Crippen LogP contribution < -0.4 is 0 Å². The van der Waals surface area contributed by atoms with E-state index >= 15 is 13.2 Å². The van der Waals surface area contributed by atoms with Crippen LogP contribution in [0.5, 0.6) is 0 Å². The maximum absolute atomic E-state index is 16.9. The number of hydrogen-bond acceptors (Lipinski definition) is 6. The Bertz CT molecular complexity index is 1420. The van der Waals surface area contributed by atoms with Gasteiger partial charge in [-0.3, -0.25) is 4.52 Å². The predicted molar refractivity (Wildman–Crippen MR) is 121 cm³/mol. The molecule has 0 saturated heterocycles. The van der Waals surface area contributed by atoms with Crippen LogP contribution in [0.1, 0.15) is 36.0 Å². The lowest BCUT2D eigenvalue weighted by molar-refractivity contribution is -0.363. The van der Waals surface area contributed by atoms with Crippen molar-refractivity contribution in [1.82, 2.24) is 14.8 Å². The van der Waals surface area contributed by atoms with Crippen LogP contribution in [0.2, 0.25) is 0 Å². The summed E-state index contributed by atoms with van der Waals surface area (Å²) in [7, 11) is -5.15. The molecule has 14 heteroatoms. The smallest absolute Gasteiger partial charge is 0.335 e. The number of hydrogen-bond donors (Lipinski definition) is 2. The fraction of sp³-hybridized carbons (Fsp3) is 0.375. The van der Waals surface area contributed by atoms with Crippen LogP contribution in [-0.2, 0) is 31.4 Å². The lowest BCUT2D eigenvalue weighted by Crippen LogP contribution is -2.76. The van der Waals surface area contributed by atoms with E-state index in [-0.39, 0.29) is 19.3 Å². The Morgan fingerprint density at radius 2 is 1.82 bits per heavy atom. The van der Waals surface area contributed by atoms with Crippen LogP contribution in [-0.4, -0.2) is 37.3 Å². The maximum atomic E-state index is 16.9. The minimum atomic E-state index is -5.15. The molecule has 0 aliphatic heterocycles. The summed E-state index contributed by atoms with van der Waals surface area (Å²) in [5, 5.41) is 12.9. The van der Waals surface area contributed by atoms with Crippen molar-refractivity contribution in [2.24, 2.45) is 5.41 Å². The van der Waals surface area contributed by atoms with Crippen molar-refractivity contribution in [3.8, 4) is 6.07 Å². The van der Waals surface area contributed by atoms with Gasteiger partial charge in [0.15, 0.2) is 12.4 Å². The number of phosphoric ester groups is 1. The number of aromatic nitrogens is 3. The van der Waals surface area contributed by atoms with Crippen LogP contribution in [0.3, 0.4) is 0 Å². The quantitative estimate of drug-likeness (QED) is 0.218. The van der Waals surface area contributed by atoms with Crippen LogP contribution in [0.4, 0.5) is 17.6 Å². The molecule has 2 N–H and O–H groups in total. The van der Waals surface area contributed by atoms with Crippen molar-refractivity contribution in [2.45, 2.75) is 42.7 Å². The zero-order chi connectivity index (χ0) is 27.4. The van der Waals surface area contributed by atoms with E-state index in [2.05, 4.69) is 14.6 Å². The monoisotopic (exact) mass is 552 g/mol. The molecule has 2 aromatic carbocycles. The van der Waals surface area contributed by atoms with Gasteiger partial charge in [-0.1, -0.05) is 12.1 Å². The molecule has 38 heavy (non-hydrogen) atoms. The highest BCUT2D eigenvalue weighted by Gasteiger charge is 2.82. The van der Waals surface area contributed by atoms with Gasteiger partial charge in [-0.05, 0) is 54.5 Å². The summed E-state index contributed by atoms with van der Waals surface area (Å²) in [6.45, 7) is -2.14. The molecule has 6 rings (SSSR count). The van der Waals surface area contributed by atoms with E-state index in [0.29, 0.717) is 11.6 Å². The first kappa shape index (κ1) is 26.5. The second kappa shape index (κ2) is 8.97. The number of alkyl halides is 2. The average Bonchev–Trinajstić information content (AvgIpc) is 3.29. The molecule has 1 unspecified atom stereocenters. The molecule has 3 fully saturated rings. The fourth-order valence-corrected chi connectivity index (χ4v) is 6.07. The lowest BCUT2D eigenvalue weighted by Gasteiger charge is -2.74. The minimum absolute atomic E-state index is 0.00350. The Labute approximate surface area is 213 Å². The highest BCUT2D eigenvalue weighted by molar-refractivity contribution is 7.46. The van der Waals surface area contributed by atoms with Gasteiger partial charge in [-0.2, -0.15) is 10.4 Å². The van der Waals surface area contributed by atoms with Gasteiger partial charge in [0.1, 0.15) is 24.3 Å². The number of phosphoric acid groups is 1. The Balaban J connectivity index is 1.56. The molecule has 1 aromatic heterocycles. The number of ether oxygens (including phenoxy) is 1. The van der Waals surface area contributed by atoms with E-state index in [0.717, 1.165) is 35.0 Å². The molecular formula is C24H21F4N4O5P. The Morgan fingerprint density at radius 1 is 1.13 bits per heavy atom. The van der Waals surface area contributed by atoms with Crippen molar-refractivity contribution < 1.29 is 41.2 Å². The standard InChI is InChI=1S/C24H21F4N4O5P/c25-18-5-6-19(20(26)7-18)23(12-32-14-30-13-31-32,36-15-37-38(33,34)35)24(27,28)22-9-21(10-22,11-22)17-3-1-16(8-29)2-4-17/h1-7,13-14H,9-12,15H2,(H2,33,34,35). The SMILES string of the molecule is N#Cc1ccc(C23CC(C(F)(F)C(Cn4cncn4)(OCOP(=O)(O)O)c4ccc(F)cc4F)(C2)C3)cc1. The first-order chi connectivity index (χ1) is 17.9. The summed E-state index contributed by atoms with van der Waals surface area (Å²) in [5.74, 6) is -6.22. The van der Waals surface area contributed by atoms with E-state index in [1.165, 1.54) is 0 Å². The third-order valence-corrected chi connectivity index (χ3v) is 8.02. The highest BCUT2D eigenvalue weighted by atomic mass is 31.2. The molecule has 1 heterocycles. The summed E-state index contributed by atoms with van der Waals surface area (Å²) in [6, 6.07) is 10.7. The van der Waals surface area contributed by atoms with Crippen molar-refractivity contribution in [3.63, 3.8) is 0 Å². The fourth-order valence-electron chi connectivity index (χ4n) is 5.88. The van der Waals surface area contributed by atoms with Crippen molar-refractivity contribution in [2.75, 3.05) is 6.79 Å². The third kappa shape index (κ3) is 4.13. The summed E-state index contributed by atoms with van der Waals surface area (Å²) in [4.78, 5) is 21.9. The highest BCUT2D eigenvalue weighted by Crippen LogP contribution is 2.80. The zero-order valence-corrected chi connectivity index (χ0v) is 20.5. The zero-order valence-electron chi connectivity index (χ0n) is 19.6. The Kier molecular flexibility index (Phi) is 6.24. The first-order valence-electron chi connectivity index (χ1n) is 11.4. The van der Waals surface area contributed by atoms with Crippen molar-refractivity contribution in [3.05, 3.63) is 83.4 Å². The van der Waals surface area contributed by atoms with Crippen LogP contribution in [0, 0.1) is 28.4 Å². The second-order valence-electron chi connectivity index (χ2n) is 9.78. The number of nitrogens with zero attached hydrogens (tertiary/aromatic N) is 4. The normalized spacial score (nSPS) is 24.1. The molecule has 0 spiro atoms. The van der Waals surface area contributed by atoms with Crippen LogP contribution >= 0.6 is 7.82 Å². The topological polar surface area (TPSA) is 130 Å². The van der Waals surface area contributed by atoms with Gasteiger partial charge in [0.2, 0.25) is 0 Å². The van der Waals surface area contributed by atoms with Crippen LogP contribution in [0.15, 0.2) is 55.1 Å². The van der Waals surface area contributed by atoms with Gasteiger partial charge in [0.25, 0.3) is 5.92 Å². The van der Waals surface area contributed by atoms with Crippen LogP contribution in [0.25, 0.3) is 0 Å². The van der Waals surface area contributed by atoms with Gasteiger partial charge >= 0.3 is 7.82 Å². The Morgan fingerprint density at radius 3 is 2.37 bits per heavy atom. The van der Waals surface area contributed by atoms with Gasteiger partial charge in [0.05, 0.1) is 18.2 Å². The first-order valence-corrected chi connectivity index (χ1v) is 12.9. The summed E-state index contributed by atoms with van der Waals surface area (Å²) in [5.41, 5.74) is -4.67. The van der Waals surface area contributed by atoms with Gasteiger partial charge in [-0.25, -0.2) is 31.8 Å². The number of benzene rings is 2. The molecule has 9 nitrogen and oxygen atoms in total. The molecule has 0 amide bonds. The maximum Gasteiger partial charge on any atom is 0.471 e. The lowest BCUT2D eigenvalue weighted by atomic mass is 9.30.